The monoisotopic (exact) mass is 427 g/mol. The van der Waals surface area contributed by atoms with Gasteiger partial charge in [0, 0.05) is 36.9 Å². The zero-order valence-electron chi connectivity index (χ0n) is 18.2. The van der Waals surface area contributed by atoms with Crippen LogP contribution in [0.3, 0.4) is 0 Å². The van der Waals surface area contributed by atoms with Gasteiger partial charge < -0.3 is 16.0 Å². The Kier molecular flexibility index (Phi) is 6.04. The standard InChI is InChI=1S/C23H29N3O3S/c1-13(27)26(5)16-10-11-17-18(12-16)30-22(19(17)20(24)28)25-21(29)14-6-8-15(9-7-14)23(2,3)4/h6-9,16H,10-12H2,1-5H3,(H2,24,28)(H,25,29). The van der Waals surface area contributed by atoms with Crippen molar-refractivity contribution >= 4 is 34.1 Å². The lowest BCUT2D eigenvalue weighted by Gasteiger charge is -2.30. The molecule has 0 saturated heterocycles. The second-order valence-electron chi connectivity index (χ2n) is 8.88. The smallest absolute Gasteiger partial charge is 0.256 e. The van der Waals surface area contributed by atoms with Gasteiger partial charge in [-0.3, -0.25) is 14.4 Å². The number of thiophene rings is 1. The molecule has 0 saturated carbocycles. The number of fused-ring (bicyclic) bond motifs is 1. The number of likely N-dealkylation sites (N-methyl/N-ethyl adjacent to an activating group) is 1. The molecule has 1 aliphatic rings. The van der Waals surface area contributed by atoms with Crippen molar-refractivity contribution < 1.29 is 14.4 Å². The van der Waals surface area contributed by atoms with Crippen LogP contribution in [0.2, 0.25) is 0 Å². The zero-order chi connectivity index (χ0) is 22.2. The molecule has 3 rings (SSSR count). The molecule has 1 unspecified atom stereocenters. The van der Waals surface area contributed by atoms with E-state index in [1.54, 1.807) is 31.0 Å². The summed E-state index contributed by atoms with van der Waals surface area (Å²) in [5.41, 5.74) is 8.64. The van der Waals surface area contributed by atoms with Crippen LogP contribution in [0.4, 0.5) is 5.00 Å². The van der Waals surface area contributed by atoms with Crippen molar-refractivity contribution in [3.8, 4) is 0 Å². The molecule has 0 radical (unpaired) electrons. The van der Waals surface area contributed by atoms with E-state index in [-0.39, 0.29) is 23.3 Å². The minimum Gasteiger partial charge on any atom is -0.365 e. The minimum absolute atomic E-state index is 0.00449. The molecular weight excluding hydrogens is 398 g/mol. The number of amides is 3. The molecule has 1 aromatic carbocycles. The average molecular weight is 428 g/mol. The van der Waals surface area contributed by atoms with Gasteiger partial charge in [-0.15, -0.1) is 11.3 Å². The molecule has 7 heteroatoms. The van der Waals surface area contributed by atoms with Crippen LogP contribution in [0.5, 0.6) is 0 Å². The summed E-state index contributed by atoms with van der Waals surface area (Å²) in [6, 6.07) is 7.58. The molecule has 6 nitrogen and oxygen atoms in total. The van der Waals surface area contributed by atoms with E-state index in [4.69, 9.17) is 5.73 Å². The summed E-state index contributed by atoms with van der Waals surface area (Å²) >= 11 is 1.38. The number of benzene rings is 1. The van der Waals surface area contributed by atoms with Gasteiger partial charge in [0.2, 0.25) is 5.91 Å². The molecule has 0 bridgehead atoms. The molecule has 30 heavy (non-hydrogen) atoms. The molecule has 2 aromatic rings. The Balaban J connectivity index is 1.85. The summed E-state index contributed by atoms with van der Waals surface area (Å²) < 4.78 is 0. The summed E-state index contributed by atoms with van der Waals surface area (Å²) in [5.74, 6) is -0.791. The van der Waals surface area contributed by atoms with Crippen LogP contribution in [-0.2, 0) is 23.1 Å². The first-order chi connectivity index (χ1) is 14.0. The number of anilines is 1. The van der Waals surface area contributed by atoms with E-state index in [1.807, 2.05) is 12.1 Å². The van der Waals surface area contributed by atoms with Crippen molar-refractivity contribution in [3.05, 3.63) is 51.4 Å². The predicted molar refractivity (Wildman–Crippen MR) is 120 cm³/mol. The van der Waals surface area contributed by atoms with E-state index < -0.39 is 5.91 Å². The number of hydrogen-bond donors (Lipinski definition) is 2. The average Bonchev–Trinajstić information content (AvgIpc) is 3.03. The number of carbonyl (C=O) groups is 3. The number of rotatable bonds is 4. The molecule has 160 valence electrons. The van der Waals surface area contributed by atoms with Crippen LogP contribution in [0.25, 0.3) is 0 Å². The maximum atomic E-state index is 12.8. The second-order valence-corrected chi connectivity index (χ2v) is 9.99. The maximum absolute atomic E-state index is 12.8. The van der Waals surface area contributed by atoms with Crippen molar-refractivity contribution in [2.75, 3.05) is 12.4 Å². The summed E-state index contributed by atoms with van der Waals surface area (Å²) in [5, 5.41) is 3.38. The maximum Gasteiger partial charge on any atom is 0.256 e. The molecule has 1 aromatic heterocycles. The predicted octanol–water partition coefficient (Wildman–Crippen LogP) is 3.73. The van der Waals surface area contributed by atoms with Crippen LogP contribution >= 0.6 is 11.3 Å². The summed E-state index contributed by atoms with van der Waals surface area (Å²) in [4.78, 5) is 39.4. The first-order valence-electron chi connectivity index (χ1n) is 10.1. The molecule has 0 aliphatic heterocycles. The van der Waals surface area contributed by atoms with E-state index in [1.165, 1.54) is 11.3 Å². The normalized spacial score (nSPS) is 16.0. The van der Waals surface area contributed by atoms with Gasteiger partial charge in [0.1, 0.15) is 5.00 Å². The minimum atomic E-state index is -0.538. The molecular formula is C23H29N3O3S. The van der Waals surface area contributed by atoms with E-state index >= 15 is 0 Å². The van der Waals surface area contributed by atoms with Crippen LogP contribution < -0.4 is 11.1 Å². The lowest BCUT2D eigenvalue weighted by atomic mass is 9.87. The van der Waals surface area contributed by atoms with Crippen molar-refractivity contribution in [2.24, 2.45) is 5.73 Å². The van der Waals surface area contributed by atoms with Gasteiger partial charge in [0.05, 0.1) is 5.56 Å². The zero-order valence-corrected chi connectivity index (χ0v) is 19.0. The highest BCUT2D eigenvalue weighted by Crippen LogP contribution is 2.39. The third-order valence-corrected chi connectivity index (χ3v) is 6.94. The summed E-state index contributed by atoms with van der Waals surface area (Å²) in [6.07, 6.45) is 2.08. The Hall–Kier alpha value is -2.67. The Morgan fingerprint density at radius 1 is 1.17 bits per heavy atom. The largest absolute Gasteiger partial charge is 0.365 e. The molecule has 0 fully saturated rings. The van der Waals surface area contributed by atoms with Crippen LogP contribution in [0.15, 0.2) is 24.3 Å². The number of nitrogens with two attached hydrogens (primary N) is 1. The fraction of sp³-hybridized carbons (Fsp3) is 0.435. The molecule has 3 N–H and O–H groups in total. The molecule has 1 atom stereocenters. The lowest BCUT2D eigenvalue weighted by Crippen LogP contribution is -2.39. The Bertz CT molecular complexity index is 986. The van der Waals surface area contributed by atoms with Gasteiger partial charge in [-0.2, -0.15) is 0 Å². The van der Waals surface area contributed by atoms with Gasteiger partial charge in [0.25, 0.3) is 11.8 Å². The lowest BCUT2D eigenvalue weighted by molar-refractivity contribution is -0.129. The fourth-order valence-corrected chi connectivity index (χ4v) is 5.12. The van der Waals surface area contributed by atoms with E-state index in [0.29, 0.717) is 29.0 Å². The fourth-order valence-electron chi connectivity index (χ4n) is 3.80. The van der Waals surface area contributed by atoms with Crippen molar-refractivity contribution in [2.45, 2.75) is 58.4 Å². The highest BCUT2D eigenvalue weighted by atomic mass is 32.1. The first kappa shape index (κ1) is 22.0. The number of primary amides is 1. The van der Waals surface area contributed by atoms with Crippen LogP contribution in [0, 0.1) is 0 Å². The molecule has 1 heterocycles. The molecule has 3 amide bonds. The quantitative estimate of drug-likeness (QED) is 0.779. The number of carbonyl (C=O) groups excluding carboxylic acids is 3. The van der Waals surface area contributed by atoms with Gasteiger partial charge in [-0.25, -0.2) is 0 Å². The van der Waals surface area contributed by atoms with Gasteiger partial charge in [-0.05, 0) is 41.5 Å². The van der Waals surface area contributed by atoms with E-state index in [0.717, 1.165) is 22.4 Å². The van der Waals surface area contributed by atoms with Crippen LogP contribution in [0.1, 0.15) is 70.8 Å². The van der Waals surface area contributed by atoms with Crippen molar-refractivity contribution in [1.82, 2.24) is 4.90 Å². The Morgan fingerprint density at radius 2 is 1.80 bits per heavy atom. The van der Waals surface area contributed by atoms with Gasteiger partial charge in [0.15, 0.2) is 0 Å². The van der Waals surface area contributed by atoms with Crippen LogP contribution in [-0.4, -0.2) is 35.7 Å². The Labute approximate surface area is 181 Å². The number of nitrogens with zero attached hydrogens (tertiary/aromatic N) is 1. The van der Waals surface area contributed by atoms with E-state index in [2.05, 4.69) is 26.1 Å². The SMILES string of the molecule is CC(=O)N(C)C1CCc2c(sc(NC(=O)c3ccc(C(C)(C)C)cc3)c2C(N)=O)C1. The van der Waals surface area contributed by atoms with E-state index in [9.17, 15) is 14.4 Å². The number of nitrogens with one attached hydrogen (secondary N) is 1. The topological polar surface area (TPSA) is 92.5 Å². The third-order valence-electron chi connectivity index (χ3n) is 5.77. The summed E-state index contributed by atoms with van der Waals surface area (Å²) in [6.45, 7) is 7.91. The van der Waals surface area contributed by atoms with Gasteiger partial charge >= 0.3 is 0 Å². The summed E-state index contributed by atoms with van der Waals surface area (Å²) in [7, 11) is 1.80. The van der Waals surface area contributed by atoms with Gasteiger partial charge in [-0.1, -0.05) is 32.9 Å². The first-order valence-corrected chi connectivity index (χ1v) is 10.9. The highest BCUT2D eigenvalue weighted by molar-refractivity contribution is 7.17. The Morgan fingerprint density at radius 3 is 2.33 bits per heavy atom. The highest BCUT2D eigenvalue weighted by Gasteiger charge is 2.31. The molecule has 1 aliphatic carbocycles. The molecule has 0 spiro atoms. The van der Waals surface area contributed by atoms with Crippen molar-refractivity contribution in [1.29, 1.82) is 0 Å². The number of hydrogen-bond acceptors (Lipinski definition) is 4. The third kappa shape index (κ3) is 4.41. The second kappa shape index (κ2) is 8.22. The van der Waals surface area contributed by atoms with Crippen molar-refractivity contribution in [3.63, 3.8) is 0 Å².